The number of hydrogen-bond donors (Lipinski definition) is 7. The van der Waals surface area contributed by atoms with E-state index in [4.69, 9.17) is 22.3 Å². The zero-order valence-electron chi connectivity index (χ0n) is 17.7. The first-order chi connectivity index (χ1) is 14.4. The normalized spacial score (nSPS) is 14.4. The lowest BCUT2D eigenvalue weighted by Gasteiger charge is -2.21. The molecule has 13 heteroatoms. The van der Waals surface area contributed by atoms with Crippen molar-refractivity contribution in [1.82, 2.24) is 10.6 Å². The number of Topliss-reactive ketones (excluding diaryl/α,β-unsaturated/α-hetero) is 1. The van der Waals surface area contributed by atoms with Gasteiger partial charge in [0.2, 0.25) is 17.7 Å². The van der Waals surface area contributed by atoms with Gasteiger partial charge in [0.25, 0.3) is 0 Å². The summed E-state index contributed by atoms with van der Waals surface area (Å²) in [4.78, 5) is 62.6. The Morgan fingerprint density at radius 3 is 1.94 bits per heavy atom. The highest BCUT2D eigenvalue weighted by Gasteiger charge is 2.28. The Balaban J connectivity index is 4.74. The Morgan fingerprint density at radius 2 is 1.45 bits per heavy atom. The maximum absolute atomic E-state index is 12.4. The second kappa shape index (κ2) is 13.9. The average molecular weight is 444 g/mol. The molecule has 0 aliphatic heterocycles. The molecule has 0 heterocycles. The number of carboxylic acids is 1. The number of ketones is 1. The summed E-state index contributed by atoms with van der Waals surface area (Å²) in [7, 11) is 0. The zero-order valence-corrected chi connectivity index (χ0v) is 17.7. The smallest absolute Gasteiger partial charge is 0.305 e. The van der Waals surface area contributed by atoms with Crippen molar-refractivity contribution < 1.29 is 34.2 Å². The van der Waals surface area contributed by atoms with Crippen LogP contribution in [-0.2, 0) is 24.0 Å². The van der Waals surface area contributed by atoms with Crippen molar-refractivity contribution in [2.24, 2.45) is 34.0 Å². The molecule has 10 N–H and O–H groups in total. The van der Waals surface area contributed by atoms with Gasteiger partial charge >= 0.3 is 5.97 Å². The third-order valence-corrected chi connectivity index (χ3v) is 4.42. The summed E-state index contributed by atoms with van der Waals surface area (Å²) in [6, 6.07) is -2.63. The molecule has 31 heavy (non-hydrogen) atoms. The largest absolute Gasteiger partial charge is 0.481 e. The number of aliphatic hydroxyl groups excluding tert-OH is 1. The molecule has 0 aromatic rings. The molecule has 0 aliphatic rings. The third-order valence-electron chi connectivity index (χ3n) is 4.42. The number of rotatable bonds is 15. The van der Waals surface area contributed by atoms with Crippen molar-refractivity contribution in [1.29, 1.82) is 0 Å². The molecule has 0 bridgehead atoms. The number of nitrogens with zero attached hydrogens (tertiary/aromatic N) is 1. The van der Waals surface area contributed by atoms with Crippen molar-refractivity contribution in [2.75, 3.05) is 13.2 Å². The van der Waals surface area contributed by atoms with Crippen LogP contribution >= 0.6 is 0 Å². The van der Waals surface area contributed by atoms with Crippen molar-refractivity contribution >= 4 is 35.4 Å². The van der Waals surface area contributed by atoms with Gasteiger partial charge in [-0.15, -0.1) is 0 Å². The molecule has 0 aromatic carbocycles. The molecule has 0 rings (SSSR count). The molecule has 0 saturated carbocycles. The van der Waals surface area contributed by atoms with E-state index in [1.165, 1.54) is 6.92 Å². The number of nitrogens with two attached hydrogens (primary N) is 3. The van der Waals surface area contributed by atoms with Crippen LogP contribution in [-0.4, -0.2) is 70.9 Å². The number of carbonyl (C=O) groups is 5. The summed E-state index contributed by atoms with van der Waals surface area (Å²) < 4.78 is 0. The van der Waals surface area contributed by atoms with Gasteiger partial charge in [-0.05, 0) is 12.8 Å². The average Bonchev–Trinajstić information content (AvgIpc) is 2.67. The topological polar surface area (TPSA) is 240 Å². The maximum atomic E-state index is 12.4. The molecule has 0 radical (unpaired) electrons. The van der Waals surface area contributed by atoms with Crippen LogP contribution in [0.2, 0.25) is 0 Å². The highest BCUT2D eigenvalue weighted by Crippen LogP contribution is 2.10. The molecule has 0 saturated heterocycles. The predicted molar refractivity (Wildman–Crippen MR) is 110 cm³/mol. The van der Waals surface area contributed by atoms with Crippen LogP contribution in [0, 0.1) is 11.8 Å². The Bertz CT molecular complexity index is 693. The van der Waals surface area contributed by atoms with Gasteiger partial charge in [0.1, 0.15) is 12.1 Å². The van der Waals surface area contributed by atoms with Crippen LogP contribution in [0.3, 0.4) is 0 Å². The number of hydrogen-bond acceptors (Lipinski definition) is 7. The van der Waals surface area contributed by atoms with E-state index in [0.717, 1.165) is 0 Å². The lowest BCUT2D eigenvalue weighted by molar-refractivity contribution is -0.140. The number of carbonyl (C=O) groups excluding carboxylic acids is 4. The molecule has 0 aromatic heterocycles. The van der Waals surface area contributed by atoms with Gasteiger partial charge in [-0.1, -0.05) is 13.8 Å². The molecule has 0 unspecified atom stereocenters. The van der Waals surface area contributed by atoms with E-state index in [9.17, 15) is 29.1 Å². The predicted octanol–water partition coefficient (Wildman–Crippen LogP) is -2.81. The second-order valence-corrected chi connectivity index (χ2v) is 7.23. The van der Waals surface area contributed by atoms with Crippen LogP contribution in [0.15, 0.2) is 4.99 Å². The van der Waals surface area contributed by atoms with Crippen molar-refractivity contribution in [2.45, 2.75) is 51.6 Å². The molecule has 0 fully saturated rings. The van der Waals surface area contributed by atoms with Gasteiger partial charge in [-0.3, -0.25) is 29.0 Å². The standard InChI is InChI=1S/C18H32N6O7/c1-9(4-3-5-22-18(20)21)16(30)24-12(8-25)13(26)6-10(2)17(31)23-11(15(19)29)7-14(27)28/h9-12,25H,3-8H2,1-2H3,(H2,19,29)(H,23,31)(H,24,30)(H,27,28)(H4,20,21,22)/t9-,10+,11-,12-/m0/s1. The number of nitrogens with one attached hydrogen (secondary N) is 2. The van der Waals surface area contributed by atoms with Gasteiger partial charge in [-0.25, -0.2) is 0 Å². The monoisotopic (exact) mass is 444 g/mol. The van der Waals surface area contributed by atoms with Crippen LogP contribution in [0.4, 0.5) is 0 Å². The quantitative estimate of drug-likeness (QED) is 0.0782. The van der Waals surface area contributed by atoms with Crippen LogP contribution in [0.1, 0.15) is 39.5 Å². The molecule has 4 atom stereocenters. The van der Waals surface area contributed by atoms with Crippen molar-refractivity contribution in [3.05, 3.63) is 0 Å². The Labute approximate surface area is 179 Å². The van der Waals surface area contributed by atoms with E-state index < -0.39 is 66.4 Å². The Kier molecular flexibility index (Phi) is 12.5. The van der Waals surface area contributed by atoms with E-state index in [1.54, 1.807) is 6.92 Å². The van der Waals surface area contributed by atoms with Crippen LogP contribution < -0.4 is 27.8 Å². The summed E-state index contributed by atoms with van der Waals surface area (Å²) in [5, 5.41) is 22.8. The third kappa shape index (κ3) is 11.5. The first-order valence-corrected chi connectivity index (χ1v) is 9.69. The molecule has 176 valence electrons. The first-order valence-electron chi connectivity index (χ1n) is 9.69. The molecule has 0 aliphatic carbocycles. The Hall–Kier alpha value is -3.22. The van der Waals surface area contributed by atoms with E-state index in [0.29, 0.717) is 19.4 Å². The highest BCUT2D eigenvalue weighted by atomic mass is 16.4. The van der Waals surface area contributed by atoms with Crippen molar-refractivity contribution in [3.63, 3.8) is 0 Å². The van der Waals surface area contributed by atoms with Gasteiger partial charge in [0.05, 0.1) is 13.0 Å². The summed E-state index contributed by atoms with van der Waals surface area (Å²) >= 11 is 0. The van der Waals surface area contributed by atoms with Gasteiger partial charge in [-0.2, -0.15) is 0 Å². The number of carboxylic acid groups (broad SMARTS) is 1. The summed E-state index contributed by atoms with van der Waals surface area (Å²) in [5.41, 5.74) is 15.5. The fourth-order valence-corrected chi connectivity index (χ4v) is 2.53. The van der Waals surface area contributed by atoms with Gasteiger partial charge < -0.3 is 38.0 Å². The van der Waals surface area contributed by atoms with Gasteiger partial charge in [0.15, 0.2) is 11.7 Å². The SMILES string of the molecule is C[C@H](CC(=O)[C@H](CO)NC(=O)[C@@H](C)CCCN=C(N)N)C(=O)N[C@@H](CC(=O)O)C(N)=O. The minimum atomic E-state index is -1.42. The lowest BCUT2D eigenvalue weighted by Crippen LogP contribution is -2.49. The van der Waals surface area contributed by atoms with E-state index in [1.807, 2.05) is 0 Å². The Morgan fingerprint density at radius 1 is 0.903 bits per heavy atom. The number of aliphatic imine (C=N–C) groups is 1. The second-order valence-electron chi connectivity index (χ2n) is 7.23. The number of aliphatic hydroxyl groups is 1. The minimum Gasteiger partial charge on any atom is -0.481 e. The lowest BCUT2D eigenvalue weighted by atomic mass is 9.98. The highest BCUT2D eigenvalue weighted by molar-refractivity contribution is 5.94. The molecular formula is C18H32N6O7. The fourth-order valence-electron chi connectivity index (χ4n) is 2.53. The minimum absolute atomic E-state index is 0.0497. The van der Waals surface area contributed by atoms with Crippen molar-refractivity contribution in [3.8, 4) is 0 Å². The first kappa shape index (κ1) is 27.8. The molecule has 13 nitrogen and oxygen atoms in total. The summed E-state index contributed by atoms with van der Waals surface area (Å²) in [5.74, 6) is -5.63. The molecular weight excluding hydrogens is 412 g/mol. The van der Waals surface area contributed by atoms with E-state index in [-0.39, 0.29) is 12.4 Å². The number of guanidine groups is 1. The van der Waals surface area contributed by atoms with E-state index in [2.05, 4.69) is 15.6 Å². The van der Waals surface area contributed by atoms with Crippen LogP contribution in [0.5, 0.6) is 0 Å². The number of aliphatic carboxylic acids is 1. The summed E-state index contributed by atoms with van der Waals surface area (Å²) in [6.07, 6.45) is -0.0580. The fraction of sp³-hybridized carbons (Fsp3) is 0.667. The van der Waals surface area contributed by atoms with Crippen LogP contribution in [0.25, 0.3) is 0 Å². The molecule has 0 spiro atoms. The number of amides is 3. The maximum Gasteiger partial charge on any atom is 0.305 e. The molecule has 3 amide bonds. The van der Waals surface area contributed by atoms with E-state index >= 15 is 0 Å². The zero-order chi connectivity index (χ0) is 24.1. The summed E-state index contributed by atoms with van der Waals surface area (Å²) in [6.45, 7) is 2.71. The van der Waals surface area contributed by atoms with Gasteiger partial charge in [0, 0.05) is 24.8 Å². The number of primary amides is 1.